The SMILES string of the molecule is Cc1cccc(NC(=S)N(C(=O)Cc2cncn2Cc2ccc(C#N)cc2)[C@@H](C)CNCc2ccccc2C(F)(F)F)c1. The number of anilines is 1. The summed E-state index contributed by atoms with van der Waals surface area (Å²) in [6.45, 7) is 4.35. The van der Waals surface area contributed by atoms with Gasteiger partial charge in [-0.1, -0.05) is 42.5 Å². The summed E-state index contributed by atoms with van der Waals surface area (Å²) in [6, 6.07) is 21.7. The van der Waals surface area contributed by atoms with E-state index >= 15 is 0 Å². The number of benzene rings is 3. The molecule has 0 aliphatic heterocycles. The number of alkyl halides is 3. The van der Waals surface area contributed by atoms with Gasteiger partial charge in [-0.05, 0) is 73.1 Å². The maximum Gasteiger partial charge on any atom is 0.416 e. The van der Waals surface area contributed by atoms with E-state index in [2.05, 4.69) is 21.7 Å². The molecule has 0 spiro atoms. The second kappa shape index (κ2) is 14.1. The number of aromatic nitrogens is 2. The number of nitrogens with one attached hydrogen (secondary N) is 2. The minimum Gasteiger partial charge on any atom is -0.332 e. The molecule has 43 heavy (non-hydrogen) atoms. The highest BCUT2D eigenvalue weighted by Crippen LogP contribution is 2.31. The lowest BCUT2D eigenvalue weighted by Crippen LogP contribution is -2.50. The summed E-state index contributed by atoms with van der Waals surface area (Å²) < 4.78 is 42.3. The summed E-state index contributed by atoms with van der Waals surface area (Å²) in [5.74, 6) is -0.295. The predicted octanol–water partition coefficient (Wildman–Crippen LogP) is 6.08. The smallest absolute Gasteiger partial charge is 0.332 e. The maximum absolute atomic E-state index is 13.8. The average molecular weight is 605 g/mol. The fourth-order valence-electron chi connectivity index (χ4n) is 4.68. The van der Waals surface area contributed by atoms with E-state index in [1.165, 1.54) is 17.0 Å². The number of hydrogen-bond donors (Lipinski definition) is 2. The summed E-state index contributed by atoms with van der Waals surface area (Å²) >= 11 is 5.69. The number of rotatable bonds is 10. The Morgan fingerprint density at radius 1 is 1.12 bits per heavy atom. The molecule has 4 aromatic rings. The van der Waals surface area contributed by atoms with Gasteiger partial charge in [0.1, 0.15) is 0 Å². The molecule has 4 rings (SSSR count). The van der Waals surface area contributed by atoms with E-state index in [4.69, 9.17) is 17.5 Å². The van der Waals surface area contributed by atoms with Crippen LogP contribution in [0.1, 0.15) is 40.4 Å². The van der Waals surface area contributed by atoms with Gasteiger partial charge in [0.15, 0.2) is 5.11 Å². The average Bonchev–Trinajstić information content (AvgIpc) is 3.39. The van der Waals surface area contributed by atoms with E-state index < -0.39 is 17.8 Å². The van der Waals surface area contributed by atoms with Crippen molar-refractivity contribution < 1.29 is 18.0 Å². The summed E-state index contributed by atoms with van der Waals surface area (Å²) in [6.07, 6.45) is -1.22. The van der Waals surface area contributed by atoms with E-state index in [1.807, 2.05) is 47.9 Å². The third-order valence-corrected chi connectivity index (χ3v) is 7.14. The van der Waals surface area contributed by atoms with Crippen molar-refractivity contribution in [1.82, 2.24) is 19.8 Å². The first kappa shape index (κ1) is 31.4. The minimum atomic E-state index is -4.47. The highest BCUT2D eigenvalue weighted by molar-refractivity contribution is 7.80. The van der Waals surface area contributed by atoms with Crippen molar-refractivity contribution in [2.75, 3.05) is 11.9 Å². The fourth-order valence-corrected chi connectivity index (χ4v) is 5.08. The lowest BCUT2D eigenvalue weighted by atomic mass is 10.1. The van der Waals surface area contributed by atoms with Gasteiger partial charge in [-0.15, -0.1) is 0 Å². The number of aryl methyl sites for hydroxylation is 1. The van der Waals surface area contributed by atoms with Gasteiger partial charge < -0.3 is 15.2 Å². The molecule has 7 nitrogen and oxygen atoms in total. The van der Waals surface area contributed by atoms with Crippen LogP contribution in [0.15, 0.2) is 85.3 Å². The Morgan fingerprint density at radius 3 is 2.56 bits per heavy atom. The zero-order chi connectivity index (χ0) is 31.0. The quantitative estimate of drug-likeness (QED) is 0.214. The van der Waals surface area contributed by atoms with Crippen LogP contribution >= 0.6 is 12.2 Å². The van der Waals surface area contributed by atoms with E-state index in [1.54, 1.807) is 37.6 Å². The zero-order valence-electron chi connectivity index (χ0n) is 23.7. The normalized spacial score (nSPS) is 11.9. The van der Waals surface area contributed by atoms with Crippen molar-refractivity contribution in [3.8, 4) is 6.07 Å². The summed E-state index contributed by atoms with van der Waals surface area (Å²) in [5.41, 5.74) is 3.30. The molecule has 11 heteroatoms. The van der Waals surface area contributed by atoms with Crippen LogP contribution in [-0.4, -0.2) is 38.1 Å². The molecule has 3 aromatic carbocycles. The number of imidazole rings is 1. The molecule has 0 radical (unpaired) electrons. The Labute approximate surface area is 254 Å². The second-order valence-corrected chi connectivity index (χ2v) is 10.6. The van der Waals surface area contributed by atoms with Crippen LogP contribution < -0.4 is 10.6 Å². The number of amides is 1. The maximum atomic E-state index is 13.8. The van der Waals surface area contributed by atoms with E-state index in [9.17, 15) is 18.0 Å². The van der Waals surface area contributed by atoms with E-state index in [0.29, 0.717) is 23.5 Å². The van der Waals surface area contributed by atoms with Crippen LogP contribution in [0.4, 0.5) is 18.9 Å². The van der Waals surface area contributed by atoms with Crippen LogP contribution in [0.25, 0.3) is 0 Å². The molecule has 222 valence electrons. The molecule has 1 amide bonds. The number of nitriles is 1. The third kappa shape index (κ3) is 8.50. The van der Waals surface area contributed by atoms with Crippen LogP contribution in [0.5, 0.6) is 0 Å². The Balaban J connectivity index is 1.50. The van der Waals surface area contributed by atoms with Crippen molar-refractivity contribution in [1.29, 1.82) is 5.26 Å². The predicted molar refractivity (Wildman–Crippen MR) is 163 cm³/mol. The van der Waals surface area contributed by atoms with Gasteiger partial charge in [0.05, 0.1) is 29.9 Å². The van der Waals surface area contributed by atoms with Crippen molar-refractivity contribution >= 4 is 28.9 Å². The van der Waals surface area contributed by atoms with E-state index in [-0.39, 0.29) is 36.1 Å². The first-order valence-corrected chi connectivity index (χ1v) is 14.0. The van der Waals surface area contributed by atoms with Crippen molar-refractivity contribution in [2.24, 2.45) is 0 Å². The van der Waals surface area contributed by atoms with Gasteiger partial charge in [0, 0.05) is 43.3 Å². The largest absolute Gasteiger partial charge is 0.416 e. The van der Waals surface area contributed by atoms with Gasteiger partial charge in [-0.2, -0.15) is 18.4 Å². The lowest BCUT2D eigenvalue weighted by molar-refractivity contribution is -0.138. The topological polar surface area (TPSA) is 86.0 Å². The number of thiocarbonyl (C=S) groups is 1. The van der Waals surface area contributed by atoms with Crippen molar-refractivity contribution in [3.63, 3.8) is 0 Å². The minimum absolute atomic E-state index is 0.00678. The van der Waals surface area contributed by atoms with Gasteiger partial charge in [0.25, 0.3) is 0 Å². The molecular formula is C32H31F3N6OS. The first-order valence-electron chi connectivity index (χ1n) is 13.6. The van der Waals surface area contributed by atoms with Crippen LogP contribution in [0.3, 0.4) is 0 Å². The summed E-state index contributed by atoms with van der Waals surface area (Å²) in [7, 11) is 0. The molecule has 0 saturated carbocycles. The van der Waals surface area contributed by atoms with Crippen LogP contribution in [0, 0.1) is 18.3 Å². The number of hydrogen-bond acceptors (Lipinski definition) is 5. The lowest BCUT2D eigenvalue weighted by Gasteiger charge is -2.30. The Hall–Kier alpha value is -4.53. The Morgan fingerprint density at radius 2 is 1.86 bits per heavy atom. The molecule has 0 bridgehead atoms. The molecule has 1 heterocycles. The van der Waals surface area contributed by atoms with Crippen LogP contribution in [0.2, 0.25) is 0 Å². The molecular weight excluding hydrogens is 573 g/mol. The van der Waals surface area contributed by atoms with Crippen molar-refractivity contribution in [3.05, 3.63) is 119 Å². The first-order chi connectivity index (χ1) is 20.5. The summed E-state index contributed by atoms with van der Waals surface area (Å²) in [4.78, 5) is 19.5. The van der Waals surface area contributed by atoms with Crippen LogP contribution in [-0.2, 0) is 30.5 Å². The fraction of sp³-hybridized carbons (Fsp3) is 0.250. The van der Waals surface area contributed by atoms with Gasteiger partial charge in [0.2, 0.25) is 5.91 Å². The molecule has 0 unspecified atom stereocenters. The second-order valence-electron chi connectivity index (χ2n) is 10.2. The molecule has 1 atom stereocenters. The highest BCUT2D eigenvalue weighted by atomic mass is 32.1. The number of carbonyl (C=O) groups is 1. The molecule has 1 aromatic heterocycles. The third-order valence-electron chi connectivity index (χ3n) is 6.84. The number of carbonyl (C=O) groups excluding carboxylic acids is 1. The molecule has 0 fully saturated rings. The summed E-state index contributed by atoms with van der Waals surface area (Å²) in [5, 5.41) is 15.4. The zero-order valence-corrected chi connectivity index (χ0v) is 24.5. The molecule has 0 saturated heterocycles. The molecule has 0 aliphatic rings. The standard InChI is InChI=1S/C32H31F3N6OS/c1-22-6-5-8-27(14-22)39-31(43)41(23(2)17-37-18-26-7-3-4-9-29(26)32(33,34)35)30(42)15-28-19-38-21-40(28)20-25-12-10-24(16-36)11-13-25/h3-14,19,21,23,37H,15,17-18,20H2,1-2H3,(H,39,43)/t23-/m0/s1. The van der Waals surface area contributed by atoms with Gasteiger partial charge >= 0.3 is 6.18 Å². The van der Waals surface area contributed by atoms with Gasteiger partial charge in [-0.25, -0.2) is 4.98 Å². The Kier molecular flexibility index (Phi) is 10.3. The highest BCUT2D eigenvalue weighted by Gasteiger charge is 2.33. The number of halogens is 3. The van der Waals surface area contributed by atoms with E-state index in [0.717, 1.165) is 17.2 Å². The Bertz CT molecular complexity index is 1610. The molecule has 0 aliphatic carbocycles. The number of nitrogens with zero attached hydrogens (tertiary/aromatic N) is 4. The molecule has 2 N–H and O–H groups in total. The van der Waals surface area contributed by atoms with Gasteiger partial charge in [-0.3, -0.25) is 9.69 Å². The van der Waals surface area contributed by atoms with Crippen molar-refractivity contribution in [2.45, 2.75) is 45.6 Å². The monoisotopic (exact) mass is 604 g/mol.